The van der Waals surface area contributed by atoms with E-state index in [1.54, 1.807) is 25.4 Å². The molecule has 0 aromatic carbocycles. The standard InChI is InChI=1S/C19H32N4O3/c1-3-4-10-23-11-6-5-7-17(23)15-21-19(24)22-16-8-9-18(20-14-16)26-13-12-25-2/h8-9,14,17H,3-7,10-13,15H2,1-2H3,(H2,21,22,24). The van der Waals surface area contributed by atoms with Gasteiger partial charge in [-0.3, -0.25) is 4.90 Å². The zero-order valence-electron chi connectivity index (χ0n) is 16.0. The lowest BCUT2D eigenvalue weighted by Crippen LogP contribution is -2.47. The Bertz CT molecular complexity index is 524. The number of rotatable bonds is 10. The number of carbonyl (C=O) groups excluding carboxylic acids is 1. The monoisotopic (exact) mass is 364 g/mol. The molecular weight excluding hydrogens is 332 g/mol. The number of aromatic nitrogens is 1. The molecule has 1 saturated heterocycles. The first kappa shape index (κ1) is 20.5. The van der Waals surface area contributed by atoms with Crippen molar-refractivity contribution in [1.29, 1.82) is 0 Å². The molecule has 146 valence electrons. The lowest BCUT2D eigenvalue weighted by atomic mass is 10.0. The first-order valence-electron chi connectivity index (χ1n) is 9.59. The van der Waals surface area contributed by atoms with Gasteiger partial charge in [0.1, 0.15) is 6.61 Å². The van der Waals surface area contributed by atoms with E-state index in [0.717, 1.165) is 19.5 Å². The van der Waals surface area contributed by atoms with Gasteiger partial charge in [0.15, 0.2) is 0 Å². The zero-order valence-corrected chi connectivity index (χ0v) is 16.0. The lowest BCUT2D eigenvalue weighted by Gasteiger charge is -2.35. The highest BCUT2D eigenvalue weighted by molar-refractivity contribution is 5.89. The van der Waals surface area contributed by atoms with E-state index in [9.17, 15) is 4.79 Å². The van der Waals surface area contributed by atoms with Crippen molar-refractivity contribution in [2.75, 3.05) is 45.3 Å². The molecule has 0 saturated carbocycles. The number of amides is 2. The largest absolute Gasteiger partial charge is 0.475 e. The third-order valence-corrected chi connectivity index (χ3v) is 4.58. The minimum Gasteiger partial charge on any atom is -0.475 e. The summed E-state index contributed by atoms with van der Waals surface area (Å²) in [6.45, 7) is 6.13. The molecule has 1 fully saturated rings. The third kappa shape index (κ3) is 7.17. The van der Waals surface area contributed by atoms with Crippen LogP contribution < -0.4 is 15.4 Å². The summed E-state index contributed by atoms with van der Waals surface area (Å²) in [6, 6.07) is 3.76. The number of piperidine rings is 1. The number of hydrogen-bond acceptors (Lipinski definition) is 5. The fraction of sp³-hybridized carbons (Fsp3) is 0.684. The van der Waals surface area contributed by atoms with Crippen LogP contribution in [0.3, 0.4) is 0 Å². The second-order valence-corrected chi connectivity index (χ2v) is 6.60. The second kappa shape index (κ2) is 11.7. The molecule has 1 aliphatic heterocycles. The number of ether oxygens (including phenoxy) is 2. The van der Waals surface area contributed by atoms with Crippen molar-refractivity contribution >= 4 is 11.7 Å². The summed E-state index contributed by atoms with van der Waals surface area (Å²) in [6.07, 6.45) is 7.67. The molecule has 26 heavy (non-hydrogen) atoms. The number of pyridine rings is 1. The molecule has 0 bridgehead atoms. The molecule has 0 aliphatic carbocycles. The first-order chi connectivity index (χ1) is 12.7. The molecule has 7 heteroatoms. The van der Waals surface area contributed by atoms with Gasteiger partial charge in [0.2, 0.25) is 5.88 Å². The topological polar surface area (TPSA) is 75.7 Å². The predicted octanol–water partition coefficient (Wildman–Crippen LogP) is 2.88. The fourth-order valence-electron chi connectivity index (χ4n) is 3.10. The maximum atomic E-state index is 12.2. The Labute approximate surface area is 156 Å². The van der Waals surface area contributed by atoms with Gasteiger partial charge in [0.25, 0.3) is 0 Å². The summed E-state index contributed by atoms with van der Waals surface area (Å²) in [5.74, 6) is 0.516. The lowest BCUT2D eigenvalue weighted by molar-refractivity contribution is 0.144. The molecule has 0 spiro atoms. The summed E-state index contributed by atoms with van der Waals surface area (Å²) in [5, 5.41) is 5.82. The quantitative estimate of drug-likeness (QED) is 0.625. The summed E-state index contributed by atoms with van der Waals surface area (Å²) in [7, 11) is 1.62. The van der Waals surface area contributed by atoms with Crippen LogP contribution in [0.2, 0.25) is 0 Å². The Morgan fingerprint density at radius 3 is 2.96 bits per heavy atom. The SMILES string of the molecule is CCCCN1CCCCC1CNC(=O)Nc1ccc(OCCOC)nc1. The van der Waals surface area contributed by atoms with Gasteiger partial charge >= 0.3 is 6.03 Å². The maximum Gasteiger partial charge on any atom is 0.319 e. The number of nitrogens with zero attached hydrogens (tertiary/aromatic N) is 2. The van der Waals surface area contributed by atoms with Crippen molar-refractivity contribution in [2.24, 2.45) is 0 Å². The predicted molar refractivity (Wildman–Crippen MR) is 103 cm³/mol. The number of nitrogens with one attached hydrogen (secondary N) is 2. The van der Waals surface area contributed by atoms with E-state index in [-0.39, 0.29) is 6.03 Å². The van der Waals surface area contributed by atoms with Crippen LogP contribution in [0.15, 0.2) is 18.3 Å². The Morgan fingerprint density at radius 2 is 2.23 bits per heavy atom. The van der Waals surface area contributed by atoms with Crippen LogP contribution in [0, 0.1) is 0 Å². The zero-order chi connectivity index (χ0) is 18.6. The van der Waals surface area contributed by atoms with Gasteiger partial charge < -0.3 is 20.1 Å². The first-order valence-corrected chi connectivity index (χ1v) is 9.59. The van der Waals surface area contributed by atoms with Gasteiger partial charge in [-0.05, 0) is 38.4 Å². The van der Waals surface area contributed by atoms with Crippen molar-refractivity contribution in [1.82, 2.24) is 15.2 Å². The molecule has 7 nitrogen and oxygen atoms in total. The van der Waals surface area contributed by atoms with Gasteiger partial charge in [-0.15, -0.1) is 0 Å². The van der Waals surface area contributed by atoms with Crippen LogP contribution in [0.4, 0.5) is 10.5 Å². The highest BCUT2D eigenvalue weighted by Crippen LogP contribution is 2.17. The van der Waals surface area contributed by atoms with Crippen LogP contribution in [-0.4, -0.2) is 61.9 Å². The van der Waals surface area contributed by atoms with E-state index in [2.05, 4.69) is 27.4 Å². The van der Waals surface area contributed by atoms with E-state index in [0.29, 0.717) is 37.4 Å². The van der Waals surface area contributed by atoms with Crippen LogP contribution in [-0.2, 0) is 4.74 Å². The highest BCUT2D eigenvalue weighted by atomic mass is 16.5. The molecule has 1 aliphatic rings. The Balaban J connectivity index is 1.73. The van der Waals surface area contributed by atoms with Gasteiger partial charge in [0, 0.05) is 25.8 Å². The van der Waals surface area contributed by atoms with Crippen molar-refractivity contribution in [2.45, 2.75) is 45.1 Å². The number of hydrogen-bond donors (Lipinski definition) is 2. The van der Waals surface area contributed by atoms with E-state index in [1.807, 2.05) is 0 Å². The van der Waals surface area contributed by atoms with E-state index < -0.39 is 0 Å². The fourth-order valence-corrected chi connectivity index (χ4v) is 3.10. The van der Waals surface area contributed by atoms with Crippen LogP contribution in [0.5, 0.6) is 5.88 Å². The number of carbonyl (C=O) groups is 1. The van der Waals surface area contributed by atoms with Crippen LogP contribution >= 0.6 is 0 Å². The molecule has 2 amide bonds. The van der Waals surface area contributed by atoms with E-state index >= 15 is 0 Å². The average Bonchev–Trinajstić information content (AvgIpc) is 2.67. The maximum absolute atomic E-state index is 12.2. The summed E-state index contributed by atoms with van der Waals surface area (Å²) in [5.41, 5.74) is 0.646. The molecule has 0 radical (unpaired) electrons. The number of likely N-dealkylation sites (tertiary alicyclic amines) is 1. The van der Waals surface area contributed by atoms with Crippen molar-refractivity contribution in [3.05, 3.63) is 18.3 Å². The molecule has 1 aromatic rings. The molecule has 1 atom stereocenters. The molecule has 2 heterocycles. The molecule has 1 aromatic heterocycles. The third-order valence-electron chi connectivity index (χ3n) is 4.58. The minimum atomic E-state index is -0.194. The Morgan fingerprint density at radius 1 is 1.35 bits per heavy atom. The minimum absolute atomic E-state index is 0.194. The smallest absolute Gasteiger partial charge is 0.319 e. The summed E-state index contributed by atoms with van der Waals surface area (Å²) < 4.78 is 10.3. The number of urea groups is 1. The van der Waals surface area contributed by atoms with Crippen molar-refractivity contribution < 1.29 is 14.3 Å². The normalized spacial score (nSPS) is 17.7. The summed E-state index contributed by atoms with van der Waals surface area (Å²) in [4.78, 5) is 18.8. The number of anilines is 1. The number of methoxy groups -OCH3 is 1. The highest BCUT2D eigenvalue weighted by Gasteiger charge is 2.22. The van der Waals surface area contributed by atoms with Gasteiger partial charge in [-0.1, -0.05) is 19.8 Å². The van der Waals surface area contributed by atoms with Gasteiger partial charge in [-0.25, -0.2) is 9.78 Å². The molecule has 2 N–H and O–H groups in total. The van der Waals surface area contributed by atoms with Crippen LogP contribution in [0.1, 0.15) is 39.0 Å². The number of unbranched alkanes of at least 4 members (excludes halogenated alkanes) is 1. The van der Waals surface area contributed by atoms with Crippen LogP contribution in [0.25, 0.3) is 0 Å². The summed E-state index contributed by atoms with van der Waals surface area (Å²) >= 11 is 0. The Kier molecular flexibility index (Phi) is 9.20. The van der Waals surface area contributed by atoms with Crippen molar-refractivity contribution in [3.8, 4) is 5.88 Å². The van der Waals surface area contributed by atoms with E-state index in [1.165, 1.54) is 25.7 Å². The molecular formula is C19H32N4O3. The van der Waals surface area contributed by atoms with Gasteiger partial charge in [0.05, 0.1) is 18.5 Å². The average molecular weight is 364 g/mol. The second-order valence-electron chi connectivity index (χ2n) is 6.60. The molecule has 1 unspecified atom stereocenters. The van der Waals surface area contributed by atoms with E-state index in [4.69, 9.17) is 9.47 Å². The Hall–Kier alpha value is -1.86. The van der Waals surface area contributed by atoms with Crippen molar-refractivity contribution in [3.63, 3.8) is 0 Å². The molecule has 2 rings (SSSR count). The van der Waals surface area contributed by atoms with Gasteiger partial charge in [-0.2, -0.15) is 0 Å².